The van der Waals surface area contributed by atoms with Gasteiger partial charge in [0.05, 0.1) is 18.4 Å². The number of nitrogens with zero attached hydrogens (tertiary/aromatic N) is 2. The number of nitrogens with one attached hydrogen (secondary N) is 1. The number of benzene rings is 2. The molecular formula is C22H18BrN3O7. The number of ether oxygens (including phenoxy) is 4. The predicted molar refractivity (Wildman–Crippen MR) is 120 cm³/mol. The second-order valence-electron chi connectivity index (χ2n) is 6.71. The monoisotopic (exact) mass is 515 g/mol. The van der Waals surface area contributed by atoms with E-state index in [0.29, 0.717) is 22.9 Å². The highest BCUT2D eigenvalue weighted by molar-refractivity contribution is 9.10. The standard InChI is InChI=1S/C22H18BrN3O7/c1-2-30-22(29)21-18(10-20(28)26(25-21)15-5-3-4-13(23)8-15)31-11-19(27)24-14-6-7-16-17(9-14)33-12-32-16/h3-10H,2,11-12H2,1H3,(H,24,27). The number of rotatable bonds is 7. The Balaban J connectivity index is 1.54. The fourth-order valence-electron chi connectivity index (χ4n) is 3.00. The summed E-state index contributed by atoms with van der Waals surface area (Å²) in [6.45, 7) is 1.38. The van der Waals surface area contributed by atoms with Crippen molar-refractivity contribution < 1.29 is 28.5 Å². The molecular weight excluding hydrogens is 498 g/mol. The zero-order chi connectivity index (χ0) is 23.4. The first kappa shape index (κ1) is 22.3. The highest BCUT2D eigenvalue weighted by atomic mass is 79.9. The Morgan fingerprint density at radius 1 is 1.15 bits per heavy atom. The van der Waals surface area contributed by atoms with Gasteiger partial charge in [-0.15, -0.1) is 0 Å². The molecule has 4 rings (SSSR count). The smallest absolute Gasteiger partial charge is 0.362 e. The predicted octanol–water partition coefficient (Wildman–Crippen LogP) is 2.92. The van der Waals surface area contributed by atoms with Crippen molar-refractivity contribution in [3.05, 3.63) is 69.1 Å². The van der Waals surface area contributed by atoms with Crippen LogP contribution in [0.5, 0.6) is 17.2 Å². The van der Waals surface area contributed by atoms with E-state index in [1.165, 1.54) is 0 Å². The van der Waals surface area contributed by atoms with E-state index in [1.54, 1.807) is 49.4 Å². The number of hydrogen-bond acceptors (Lipinski definition) is 8. The van der Waals surface area contributed by atoms with E-state index in [2.05, 4.69) is 26.3 Å². The molecule has 3 aromatic rings. The molecule has 170 valence electrons. The van der Waals surface area contributed by atoms with Crippen LogP contribution >= 0.6 is 15.9 Å². The molecule has 0 saturated heterocycles. The summed E-state index contributed by atoms with van der Waals surface area (Å²) in [5, 5.41) is 6.77. The molecule has 0 saturated carbocycles. The van der Waals surface area contributed by atoms with Crippen LogP contribution in [-0.4, -0.2) is 41.7 Å². The molecule has 1 amide bonds. The van der Waals surface area contributed by atoms with Gasteiger partial charge in [0.25, 0.3) is 11.5 Å². The zero-order valence-corrected chi connectivity index (χ0v) is 19.0. The quantitative estimate of drug-likeness (QED) is 0.477. The first-order valence-electron chi connectivity index (χ1n) is 9.84. The van der Waals surface area contributed by atoms with Crippen LogP contribution in [0, 0.1) is 0 Å². The first-order valence-corrected chi connectivity index (χ1v) is 10.6. The Morgan fingerprint density at radius 2 is 1.97 bits per heavy atom. The third-order valence-corrected chi connectivity index (χ3v) is 4.93. The maximum Gasteiger partial charge on any atom is 0.362 e. The van der Waals surface area contributed by atoms with Gasteiger partial charge in [-0.3, -0.25) is 9.59 Å². The number of amides is 1. The van der Waals surface area contributed by atoms with Crippen LogP contribution in [0.15, 0.2) is 57.8 Å². The van der Waals surface area contributed by atoms with Crippen molar-refractivity contribution in [2.24, 2.45) is 0 Å². The van der Waals surface area contributed by atoms with Crippen LogP contribution in [0.25, 0.3) is 5.69 Å². The van der Waals surface area contributed by atoms with E-state index >= 15 is 0 Å². The fourth-order valence-corrected chi connectivity index (χ4v) is 3.39. The van der Waals surface area contributed by atoms with Crippen LogP contribution < -0.4 is 25.1 Å². The molecule has 0 unspecified atom stereocenters. The molecule has 10 nitrogen and oxygen atoms in total. The number of halogens is 1. The number of esters is 1. The molecule has 0 spiro atoms. The van der Waals surface area contributed by atoms with E-state index in [0.717, 1.165) is 15.2 Å². The Hall–Kier alpha value is -3.86. The van der Waals surface area contributed by atoms with Crippen LogP contribution in [0.1, 0.15) is 17.4 Å². The number of anilines is 1. The van der Waals surface area contributed by atoms with Crippen LogP contribution in [0.3, 0.4) is 0 Å². The second-order valence-corrected chi connectivity index (χ2v) is 7.63. The lowest BCUT2D eigenvalue weighted by Gasteiger charge is -2.13. The second kappa shape index (κ2) is 9.74. The van der Waals surface area contributed by atoms with Crippen molar-refractivity contribution >= 4 is 33.5 Å². The molecule has 33 heavy (non-hydrogen) atoms. The van der Waals surface area contributed by atoms with Crippen molar-refractivity contribution in [1.29, 1.82) is 0 Å². The molecule has 0 bridgehead atoms. The van der Waals surface area contributed by atoms with Crippen molar-refractivity contribution in [2.45, 2.75) is 6.92 Å². The largest absolute Gasteiger partial charge is 0.481 e. The molecule has 1 N–H and O–H groups in total. The summed E-state index contributed by atoms with van der Waals surface area (Å²) in [6, 6.07) is 12.9. The van der Waals surface area contributed by atoms with Crippen LogP contribution in [0.4, 0.5) is 5.69 Å². The van der Waals surface area contributed by atoms with Gasteiger partial charge in [-0.05, 0) is 37.3 Å². The van der Waals surface area contributed by atoms with Crippen molar-refractivity contribution in [2.75, 3.05) is 25.3 Å². The number of carbonyl (C=O) groups is 2. The molecule has 1 aliphatic heterocycles. The zero-order valence-electron chi connectivity index (χ0n) is 17.4. The maximum absolute atomic E-state index is 12.7. The normalized spacial score (nSPS) is 11.7. The molecule has 2 heterocycles. The minimum atomic E-state index is -0.785. The highest BCUT2D eigenvalue weighted by Gasteiger charge is 2.21. The summed E-state index contributed by atoms with van der Waals surface area (Å²) in [6.07, 6.45) is 0. The van der Waals surface area contributed by atoms with E-state index < -0.39 is 24.0 Å². The third kappa shape index (κ3) is 5.14. The van der Waals surface area contributed by atoms with Gasteiger partial charge in [0.2, 0.25) is 12.5 Å². The molecule has 11 heteroatoms. The molecule has 1 aromatic heterocycles. The van der Waals surface area contributed by atoms with E-state index in [9.17, 15) is 14.4 Å². The highest BCUT2D eigenvalue weighted by Crippen LogP contribution is 2.34. The minimum absolute atomic E-state index is 0.0978. The van der Waals surface area contributed by atoms with Gasteiger partial charge in [0, 0.05) is 16.2 Å². The topological polar surface area (TPSA) is 118 Å². The summed E-state index contributed by atoms with van der Waals surface area (Å²) in [7, 11) is 0. The Kier molecular flexibility index (Phi) is 6.59. The van der Waals surface area contributed by atoms with Gasteiger partial charge in [0.15, 0.2) is 23.9 Å². The van der Waals surface area contributed by atoms with Gasteiger partial charge >= 0.3 is 5.97 Å². The summed E-state index contributed by atoms with van der Waals surface area (Å²) in [5.74, 6) is -0.364. The fraction of sp³-hybridized carbons (Fsp3) is 0.182. The third-order valence-electron chi connectivity index (χ3n) is 4.43. The van der Waals surface area contributed by atoms with Crippen molar-refractivity contribution in [3.8, 4) is 22.9 Å². The summed E-state index contributed by atoms with van der Waals surface area (Å²) >= 11 is 3.34. The van der Waals surface area contributed by atoms with Gasteiger partial charge in [-0.2, -0.15) is 9.78 Å². The average Bonchev–Trinajstić information content (AvgIpc) is 3.25. The number of carbonyl (C=O) groups excluding carboxylic acids is 2. The van der Waals surface area contributed by atoms with Gasteiger partial charge < -0.3 is 24.3 Å². The number of aromatic nitrogens is 2. The lowest BCUT2D eigenvalue weighted by molar-refractivity contribution is -0.118. The molecule has 2 aromatic carbocycles. The SMILES string of the molecule is CCOC(=O)c1nn(-c2cccc(Br)c2)c(=O)cc1OCC(=O)Nc1ccc2c(c1)OCO2. The number of hydrogen-bond donors (Lipinski definition) is 1. The van der Waals surface area contributed by atoms with Gasteiger partial charge in [-0.25, -0.2) is 4.79 Å². The summed E-state index contributed by atoms with van der Waals surface area (Å²) < 4.78 is 22.8. The van der Waals surface area contributed by atoms with E-state index in [1.807, 2.05) is 0 Å². The lowest BCUT2D eigenvalue weighted by Crippen LogP contribution is -2.27. The van der Waals surface area contributed by atoms with Crippen molar-refractivity contribution in [3.63, 3.8) is 0 Å². The number of fused-ring (bicyclic) bond motifs is 1. The van der Waals surface area contributed by atoms with E-state index in [4.69, 9.17) is 18.9 Å². The Morgan fingerprint density at radius 3 is 2.76 bits per heavy atom. The van der Waals surface area contributed by atoms with Crippen molar-refractivity contribution in [1.82, 2.24) is 9.78 Å². The maximum atomic E-state index is 12.7. The Bertz CT molecular complexity index is 1280. The first-order chi connectivity index (χ1) is 15.9. The molecule has 1 aliphatic rings. The van der Waals surface area contributed by atoms with Gasteiger partial charge in [-0.1, -0.05) is 22.0 Å². The van der Waals surface area contributed by atoms with Crippen LogP contribution in [-0.2, 0) is 9.53 Å². The molecule has 0 aliphatic carbocycles. The summed E-state index contributed by atoms with van der Waals surface area (Å²) in [5.41, 5.74) is 0.133. The lowest BCUT2D eigenvalue weighted by atomic mass is 10.3. The summed E-state index contributed by atoms with van der Waals surface area (Å²) in [4.78, 5) is 37.5. The molecule has 0 fully saturated rings. The van der Waals surface area contributed by atoms with Gasteiger partial charge in [0.1, 0.15) is 0 Å². The average molecular weight is 516 g/mol. The molecule has 0 atom stereocenters. The molecule has 0 radical (unpaired) electrons. The van der Waals surface area contributed by atoms with E-state index in [-0.39, 0.29) is 24.8 Å². The Labute approximate surface area is 196 Å². The van der Waals surface area contributed by atoms with Crippen LogP contribution in [0.2, 0.25) is 0 Å². The minimum Gasteiger partial charge on any atom is -0.481 e.